The van der Waals surface area contributed by atoms with Gasteiger partial charge in [-0.15, -0.1) is 5.10 Å². The van der Waals surface area contributed by atoms with Gasteiger partial charge in [0.15, 0.2) is 5.16 Å². The first kappa shape index (κ1) is 13.1. The Morgan fingerprint density at radius 1 is 1.20 bits per heavy atom. The molecule has 0 saturated heterocycles. The van der Waals surface area contributed by atoms with E-state index in [4.69, 9.17) is 5.73 Å². The normalized spacial score (nSPS) is 11.2. The molecule has 5 nitrogen and oxygen atoms in total. The molecule has 0 aliphatic rings. The molecule has 0 saturated carbocycles. The third-order valence-electron chi connectivity index (χ3n) is 3.31. The Kier molecular flexibility index (Phi) is 3.42. The average molecular weight is 285 g/mol. The van der Waals surface area contributed by atoms with Crippen molar-refractivity contribution in [2.45, 2.75) is 30.6 Å². The molecule has 0 aliphatic heterocycles. The van der Waals surface area contributed by atoms with Crippen molar-refractivity contribution in [3.8, 4) is 0 Å². The molecule has 102 valence electrons. The van der Waals surface area contributed by atoms with Crippen LogP contribution in [0.25, 0.3) is 11.0 Å². The summed E-state index contributed by atoms with van der Waals surface area (Å²) in [6.45, 7) is 4.41. The summed E-state index contributed by atoms with van der Waals surface area (Å²) in [6.07, 6.45) is 0. The van der Waals surface area contributed by atoms with Crippen LogP contribution in [0.3, 0.4) is 0 Å². The van der Waals surface area contributed by atoms with Gasteiger partial charge in [0.25, 0.3) is 0 Å². The van der Waals surface area contributed by atoms with Crippen LogP contribution in [0.5, 0.6) is 0 Å². The Morgan fingerprint density at radius 2 is 2.00 bits per heavy atom. The Morgan fingerprint density at radius 3 is 2.75 bits per heavy atom. The molecule has 0 bridgehead atoms. The van der Waals surface area contributed by atoms with Crippen LogP contribution in [-0.4, -0.2) is 20.2 Å². The van der Waals surface area contributed by atoms with E-state index in [9.17, 15) is 0 Å². The van der Waals surface area contributed by atoms with Gasteiger partial charge in [0.05, 0.1) is 16.7 Å². The molecular formula is C14H15N5S. The number of nitrogens with one attached hydrogen (secondary N) is 1. The predicted octanol–water partition coefficient (Wildman–Crippen LogP) is 2.58. The van der Waals surface area contributed by atoms with Crippen molar-refractivity contribution < 1.29 is 0 Å². The van der Waals surface area contributed by atoms with Crippen LogP contribution in [0.2, 0.25) is 0 Å². The molecule has 0 radical (unpaired) electrons. The second-order valence-electron chi connectivity index (χ2n) is 4.56. The molecule has 1 aromatic carbocycles. The Hall–Kier alpha value is -1.92. The number of imidazole rings is 1. The number of aromatic nitrogens is 4. The lowest BCUT2D eigenvalue weighted by atomic mass is 10.1. The van der Waals surface area contributed by atoms with E-state index in [1.165, 1.54) is 11.8 Å². The van der Waals surface area contributed by atoms with E-state index in [2.05, 4.69) is 20.2 Å². The minimum Gasteiger partial charge on any atom is -0.333 e. The van der Waals surface area contributed by atoms with E-state index in [1.54, 1.807) is 0 Å². The first-order chi connectivity index (χ1) is 9.69. The molecular weight excluding hydrogens is 270 g/mol. The van der Waals surface area contributed by atoms with Crippen LogP contribution in [0.1, 0.15) is 16.8 Å². The summed E-state index contributed by atoms with van der Waals surface area (Å²) in [4.78, 5) is 7.81. The lowest BCUT2D eigenvalue weighted by Gasteiger charge is -2.09. The number of H-pyrrole nitrogens is 1. The summed E-state index contributed by atoms with van der Waals surface area (Å²) in [5, 5.41) is 10.0. The first-order valence-corrected chi connectivity index (χ1v) is 7.16. The standard InChI is InChI=1S/C14H15N5S/c1-8-9(2)18-19-13(10(8)7-15)20-14-16-11-5-3-4-6-12(11)17-14/h3-6H,7,15H2,1-2H3,(H,16,17). The molecule has 3 aromatic rings. The zero-order chi connectivity index (χ0) is 14.1. The number of fused-ring (bicyclic) bond motifs is 1. The highest BCUT2D eigenvalue weighted by Crippen LogP contribution is 2.29. The monoisotopic (exact) mass is 285 g/mol. The third kappa shape index (κ3) is 2.28. The number of nitrogens with two attached hydrogens (primary N) is 1. The lowest BCUT2D eigenvalue weighted by Crippen LogP contribution is -2.06. The summed E-state index contributed by atoms with van der Waals surface area (Å²) in [6, 6.07) is 7.93. The third-order valence-corrected chi connectivity index (χ3v) is 4.22. The highest BCUT2D eigenvalue weighted by atomic mass is 32.2. The first-order valence-electron chi connectivity index (χ1n) is 6.34. The second-order valence-corrected chi connectivity index (χ2v) is 5.54. The van der Waals surface area contributed by atoms with Gasteiger partial charge in [-0.05, 0) is 43.3 Å². The van der Waals surface area contributed by atoms with Gasteiger partial charge in [0.2, 0.25) is 0 Å². The molecule has 0 aliphatic carbocycles. The fourth-order valence-corrected chi connectivity index (χ4v) is 2.96. The average Bonchev–Trinajstić information content (AvgIpc) is 2.85. The van der Waals surface area contributed by atoms with Crippen LogP contribution in [-0.2, 0) is 6.54 Å². The van der Waals surface area contributed by atoms with Gasteiger partial charge in [-0.2, -0.15) is 5.10 Å². The molecule has 0 atom stereocenters. The van der Waals surface area contributed by atoms with Crippen molar-refractivity contribution in [3.05, 3.63) is 41.1 Å². The zero-order valence-corrected chi connectivity index (χ0v) is 12.2. The number of aryl methyl sites for hydroxylation is 1. The minimum absolute atomic E-state index is 0.449. The number of rotatable bonds is 3. The SMILES string of the molecule is Cc1nnc(Sc2nc3ccccc3[nH]2)c(CN)c1C. The summed E-state index contributed by atoms with van der Waals surface area (Å²) in [5.41, 5.74) is 10.8. The van der Waals surface area contributed by atoms with Crippen LogP contribution in [0, 0.1) is 13.8 Å². The van der Waals surface area contributed by atoms with E-state index >= 15 is 0 Å². The zero-order valence-electron chi connectivity index (χ0n) is 11.3. The van der Waals surface area contributed by atoms with Crippen LogP contribution >= 0.6 is 11.8 Å². The van der Waals surface area contributed by atoms with E-state index in [0.717, 1.165) is 38.0 Å². The number of para-hydroxylation sites is 2. The predicted molar refractivity (Wildman–Crippen MR) is 79.6 cm³/mol. The summed E-state index contributed by atoms with van der Waals surface area (Å²) < 4.78 is 0. The molecule has 6 heteroatoms. The van der Waals surface area contributed by atoms with Crippen molar-refractivity contribution in [1.82, 2.24) is 20.2 Å². The van der Waals surface area contributed by atoms with E-state index in [0.29, 0.717) is 6.54 Å². The molecule has 2 heterocycles. The Balaban J connectivity index is 2.00. The summed E-state index contributed by atoms with van der Waals surface area (Å²) in [7, 11) is 0. The molecule has 0 unspecified atom stereocenters. The molecule has 2 aromatic heterocycles. The maximum absolute atomic E-state index is 5.84. The Labute approximate surface area is 121 Å². The summed E-state index contributed by atoms with van der Waals surface area (Å²) in [5.74, 6) is 0. The van der Waals surface area contributed by atoms with Gasteiger partial charge < -0.3 is 10.7 Å². The molecule has 3 rings (SSSR count). The largest absolute Gasteiger partial charge is 0.333 e. The smallest absolute Gasteiger partial charge is 0.172 e. The minimum atomic E-state index is 0.449. The van der Waals surface area contributed by atoms with Crippen molar-refractivity contribution in [2.75, 3.05) is 0 Å². The highest BCUT2D eigenvalue weighted by Gasteiger charge is 2.13. The van der Waals surface area contributed by atoms with E-state index in [-0.39, 0.29) is 0 Å². The topological polar surface area (TPSA) is 80.5 Å². The Bertz CT molecular complexity index is 732. The van der Waals surface area contributed by atoms with Gasteiger partial charge in [0, 0.05) is 12.1 Å². The van der Waals surface area contributed by atoms with Crippen molar-refractivity contribution >= 4 is 22.8 Å². The van der Waals surface area contributed by atoms with Crippen molar-refractivity contribution in [1.29, 1.82) is 0 Å². The van der Waals surface area contributed by atoms with E-state index < -0.39 is 0 Å². The van der Waals surface area contributed by atoms with E-state index in [1.807, 2.05) is 38.1 Å². The maximum atomic E-state index is 5.84. The number of aromatic amines is 1. The fraction of sp³-hybridized carbons (Fsp3) is 0.214. The molecule has 0 fully saturated rings. The number of hydrogen-bond donors (Lipinski definition) is 2. The van der Waals surface area contributed by atoms with Crippen LogP contribution in [0.4, 0.5) is 0 Å². The molecule has 0 amide bonds. The van der Waals surface area contributed by atoms with Crippen LogP contribution < -0.4 is 5.73 Å². The number of hydrogen-bond acceptors (Lipinski definition) is 5. The van der Waals surface area contributed by atoms with Gasteiger partial charge in [-0.3, -0.25) is 0 Å². The van der Waals surface area contributed by atoms with Crippen molar-refractivity contribution in [2.24, 2.45) is 5.73 Å². The van der Waals surface area contributed by atoms with Gasteiger partial charge >= 0.3 is 0 Å². The molecule has 0 spiro atoms. The summed E-state index contributed by atoms with van der Waals surface area (Å²) >= 11 is 1.47. The van der Waals surface area contributed by atoms with Crippen molar-refractivity contribution in [3.63, 3.8) is 0 Å². The molecule has 20 heavy (non-hydrogen) atoms. The van der Waals surface area contributed by atoms with Gasteiger partial charge in [0.1, 0.15) is 5.03 Å². The second kappa shape index (κ2) is 5.22. The fourth-order valence-electron chi connectivity index (χ4n) is 2.03. The van der Waals surface area contributed by atoms with Crippen LogP contribution in [0.15, 0.2) is 34.4 Å². The lowest BCUT2D eigenvalue weighted by molar-refractivity contribution is 0.822. The number of benzene rings is 1. The van der Waals surface area contributed by atoms with Gasteiger partial charge in [-0.1, -0.05) is 12.1 Å². The van der Waals surface area contributed by atoms with Gasteiger partial charge in [-0.25, -0.2) is 4.98 Å². The maximum Gasteiger partial charge on any atom is 0.172 e. The number of nitrogens with zero attached hydrogens (tertiary/aromatic N) is 3. The quantitative estimate of drug-likeness (QED) is 0.773. The molecule has 3 N–H and O–H groups in total. The highest BCUT2D eigenvalue weighted by molar-refractivity contribution is 7.99.